The zero-order valence-corrected chi connectivity index (χ0v) is 12.7. The van der Waals surface area contributed by atoms with Gasteiger partial charge in [-0.3, -0.25) is 0 Å². The Morgan fingerprint density at radius 2 is 1.88 bits per heavy atom. The van der Waals surface area contributed by atoms with E-state index in [1.807, 2.05) is 0 Å². The molecule has 0 aliphatic heterocycles. The van der Waals surface area contributed by atoms with Gasteiger partial charge in [0.1, 0.15) is 5.82 Å². The smallest absolute Gasteiger partial charge is 0.404 e. The van der Waals surface area contributed by atoms with E-state index in [1.54, 1.807) is 0 Å². The fourth-order valence-corrected chi connectivity index (χ4v) is 1.99. The molecular formula is C15H11ClF4N2O2. The molecule has 0 atom stereocenters. The van der Waals surface area contributed by atoms with Gasteiger partial charge in [-0.25, -0.2) is 9.18 Å². The van der Waals surface area contributed by atoms with Gasteiger partial charge in [0.05, 0.1) is 10.7 Å². The number of rotatable bonds is 4. The Hall–Kier alpha value is -2.48. The molecule has 2 aromatic carbocycles. The van der Waals surface area contributed by atoms with Crippen molar-refractivity contribution >= 4 is 23.3 Å². The van der Waals surface area contributed by atoms with Crippen molar-refractivity contribution in [3.63, 3.8) is 0 Å². The van der Waals surface area contributed by atoms with Crippen molar-refractivity contribution in [2.45, 2.75) is 12.9 Å². The van der Waals surface area contributed by atoms with E-state index in [0.29, 0.717) is 5.56 Å². The highest BCUT2D eigenvalue weighted by Gasteiger charge is 2.32. The summed E-state index contributed by atoms with van der Waals surface area (Å²) in [5, 5.41) is 4.56. The van der Waals surface area contributed by atoms with E-state index in [2.05, 4.69) is 15.4 Å². The number of urea groups is 1. The number of nitrogens with one attached hydrogen (secondary N) is 2. The second-order valence-corrected chi connectivity index (χ2v) is 5.01. The van der Waals surface area contributed by atoms with Crippen LogP contribution in [0.1, 0.15) is 5.56 Å². The van der Waals surface area contributed by atoms with Crippen molar-refractivity contribution in [3.05, 3.63) is 58.9 Å². The number of halogens is 5. The predicted molar refractivity (Wildman–Crippen MR) is 80.4 cm³/mol. The standard InChI is InChI=1S/C15H11ClF4N2O2/c16-10-7-9(5-6-11(10)17)8-21-14(23)22-12-3-1-2-4-13(12)24-15(18,19)20/h1-7H,8H2,(H2,21,22,23). The zero-order chi connectivity index (χ0) is 17.7. The van der Waals surface area contributed by atoms with Crippen molar-refractivity contribution in [1.29, 1.82) is 0 Å². The molecule has 0 unspecified atom stereocenters. The molecule has 4 nitrogen and oxygen atoms in total. The summed E-state index contributed by atoms with van der Waals surface area (Å²) in [4.78, 5) is 11.8. The van der Waals surface area contributed by atoms with Crippen molar-refractivity contribution in [3.8, 4) is 5.75 Å². The summed E-state index contributed by atoms with van der Waals surface area (Å²) in [6.45, 7) is 0.00806. The van der Waals surface area contributed by atoms with Crippen LogP contribution in [0.2, 0.25) is 5.02 Å². The van der Waals surface area contributed by atoms with Crippen molar-refractivity contribution in [2.24, 2.45) is 0 Å². The summed E-state index contributed by atoms with van der Waals surface area (Å²) in [5.74, 6) is -1.13. The maximum absolute atomic E-state index is 13.0. The first kappa shape index (κ1) is 17.9. The molecule has 0 saturated carbocycles. The third kappa shape index (κ3) is 5.31. The molecule has 0 aliphatic carbocycles. The first-order valence-electron chi connectivity index (χ1n) is 6.58. The van der Waals surface area contributed by atoms with E-state index in [9.17, 15) is 22.4 Å². The van der Waals surface area contributed by atoms with Gasteiger partial charge in [0.15, 0.2) is 5.75 Å². The van der Waals surface area contributed by atoms with Gasteiger partial charge in [-0.2, -0.15) is 0 Å². The number of ether oxygens (including phenoxy) is 1. The SMILES string of the molecule is O=C(NCc1ccc(F)c(Cl)c1)Nc1ccccc1OC(F)(F)F. The minimum absolute atomic E-state index is 0.00806. The number of anilines is 1. The lowest BCUT2D eigenvalue weighted by molar-refractivity contribution is -0.274. The van der Waals surface area contributed by atoms with Gasteiger partial charge in [-0.1, -0.05) is 29.8 Å². The number of carbonyl (C=O) groups is 1. The van der Waals surface area contributed by atoms with Gasteiger partial charge in [-0.05, 0) is 29.8 Å². The molecule has 0 radical (unpaired) electrons. The summed E-state index contributed by atoms with van der Waals surface area (Å²) in [6, 6.07) is 8.25. The van der Waals surface area contributed by atoms with E-state index in [-0.39, 0.29) is 17.3 Å². The quantitative estimate of drug-likeness (QED) is 0.775. The Morgan fingerprint density at radius 1 is 1.17 bits per heavy atom. The van der Waals surface area contributed by atoms with Crippen LogP contribution >= 0.6 is 11.6 Å². The van der Waals surface area contributed by atoms with Crippen LogP contribution in [0.4, 0.5) is 28.0 Å². The average Bonchev–Trinajstić information content (AvgIpc) is 2.49. The van der Waals surface area contributed by atoms with Crippen molar-refractivity contribution in [2.75, 3.05) is 5.32 Å². The van der Waals surface area contributed by atoms with Crippen LogP contribution in [0.25, 0.3) is 0 Å². The molecule has 128 valence electrons. The molecule has 2 aromatic rings. The third-order valence-corrected chi connectivity index (χ3v) is 3.09. The molecule has 0 spiro atoms. The minimum Gasteiger partial charge on any atom is -0.404 e. The number of carbonyl (C=O) groups excluding carboxylic acids is 1. The molecular weight excluding hydrogens is 352 g/mol. The molecule has 9 heteroatoms. The highest BCUT2D eigenvalue weighted by molar-refractivity contribution is 6.30. The van der Waals surface area contributed by atoms with Gasteiger partial charge < -0.3 is 15.4 Å². The van der Waals surface area contributed by atoms with E-state index in [0.717, 1.165) is 12.1 Å². The lowest BCUT2D eigenvalue weighted by Crippen LogP contribution is -2.28. The molecule has 0 heterocycles. The van der Waals surface area contributed by atoms with Crippen LogP contribution in [-0.4, -0.2) is 12.4 Å². The Bertz CT molecular complexity index is 738. The zero-order valence-electron chi connectivity index (χ0n) is 12.0. The highest BCUT2D eigenvalue weighted by atomic mass is 35.5. The molecule has 2 N–H and O–H groups in total. The van der Waals surface area contributed by atoms with Crippen molar-refractivity contribution < 1.29 is 27.1 Å². The topological polar surface area (TPSA) is 50.4 Å². The second-order valence-electron chi connectivity index (χ2n) is 4.60. The molecule has 24 heavy (non-hydrogen) atoms. The fourth-order valence-electron chi connectivity index (χ4n) is 1.78. The first-order valence-corrected chi connectivity index (χ1v) is 6.96. The Balaban J connectivity index is 1.98. The highest BCUT2D eigenvalue weighted by Crippen LogP contribution is 2.29. The molecule has 0 fully saturated rings. The molecule has 0 saturated heterocycles. The van der Waals surface area contributed by atoms with Crippen LogP contribution in [-0.2, 0) is 6.54 Å². The minimum atomic E-state index is -4.88. The lowest BCUT2D eigenvalue weighted by atomic mass is 10.2. The van der Waals surface area contributed by atoms with E-state index < -0.39 is 24.0 Å². The van der Waals surface area contributed by atoms with E-state index in [1.165, 1.54) is 30.3 Å². The number of hydrogen-bond acceptors (Lipinski definition) is 2. The Morgan fingerprint density at radius 3 is 2.54 bits per heavy atom. The van der Waals surface area contributed by atoms with Crippen molar-refractivity contribution in [1.82, 2.24) is 5.32 Å². The second kappa shape index (κ2) is 7.39. The normalized spacial score (nSPS) is 11.0. The average molecular weight is 363 g/mol. The van der Waals surface area contributed by atoms with Crippen LogP contribution in [0.3, 0.4) is 0 Å². The number of amides is 2. The van der Waals surface area contributed by atoms with Gasteiger partial charge in [-0.15, -0.1) is 13.2 Å². The van der Waals surface area contributed by atoms with Crippen LogP contribution in [0, 0.1) is 5.82 Å². The van der Waals surface area contributed by atoms with Gasteiger partial charge in [0, 0.05) is 6.54 Å². The summed E-state index contributed by atoms with van der Waals surface area (Å²) >= 11 is 5.61. The summed E-state index contributed by atoms with van der Waals surface area (Å²) in [6.07, 6.45) is -4.88. The third-order valence-electron chi connectivity index (χ3n) is 2.80. The Labute approximate surface area is 139 Å². The Kier molecular flexibility index (Phi) is 5.50. The first-order chi connectivity index (χ1) is 11.2. The molecule has 2 amide bonds. The van der Waals surface area contributed by atoms with Gasteiger partial charge >= 0.3 is 12.4 Å². The predicted octanol–water partition coefficient (Wildman–Crippen LogP) is 4.70. The summed E-state index contributed by atoms with van der Waals surface area (Å²) < 4.78 is 53.8. The van der Waals surface area contributed by atoms with Gasteiger partial charge in [0.2, 0.25) is 0 Å². The summed E-state index contributed by atoms with van der Waals surface area (Å²) in [5.41, 5.74) is 0.376. The van der Waals surface area contributed by atoms with Gasteiger partial charge in [0.25, 0.3) is 0 Å². The number of alkyl halides is 3. The van der Waals surface area contributed by atoms with Crippen LogP contribution < -0.4 is 15.4 Å². The maximum Gasteiger partial charge on any atom is 0.573 e. The van der Waals surface area contributed by atoms with Crippen LogP contribution in [0.5, 0.6) is 5.75 Å². The molecule has 0 bridgehead atoms. The molecule has 0 aliphatic rings. The summed E-state index contributed by atoms with van der Waals surface area (Å²) in [7, 11) is 0. The molecule has 0 aromatic heterocycles. The largest absolute Gasteiger partial charge is 0.573 e. The maximum atomic E-state index is 13.0. The monoisotopic (exact) mass is 362 g/mol. The molecule has 2 rings (SSSR count). The van der Waals surface area contributed by atoms with E-state index >= 15 is 0 Å². The van der Waals surface area contributed by atoms with E-state index in [4.69, 9.17) is 11.6 Å². The number of para-hydroxylation sites is 2. The number of hydrogen-bond donors (Lipinski definition) is 2. The lowest BCUT2D eigenvalue weighted by Gasteiger charge is -2.14. The fraction of sp³-hybridized carbons (Fsp3) is 0.133. The number of benzene rings is 2. The van der Waals surface area contributed by atoms with Crippen LogP contribution in [0.15, 0.2) is 42.5 Å².